The highest BCUT2D eigenvalue weighted by molar-refractivity contribution is 9.10. The van der Waals surface area contributed by atoms with E-state index in [0.29, 0.717) is 19.6 Å². The number of carbonyl (C=O) groups is 2. The normalized spacial score (nSPS) is 19.9. The Labute approximate surface area is 228 Å². The average molecular weight is 592 g/mol. The zero-order chi connectivity index (χ0) is 26.4. The first-order valence-corrected chi connectivity index (χ1v) is 15.2. The maximum absolute atomic E-state index is 13.7. The van der Waals surface area contributed by atoms with Crippen molar-refractivity contribution in [3.63, 3.8) is 0 Å². The monoisotopic (exact) mass is 590 g/mol. The Morgan fingerprint density at radius 2 is 1.68 bits per heavy atom. The number of amides is 3. The molecule has 8 nitrogen and oxygen atoms in total. The number of carbonyl (C=O) groups excluding carboxylic acids is 2. The molecule has 0 aromatic heterocycles. The molecule has 37 heavy (non-hydrogen) atoms. The van der Waals surface area contributed by atoms with Crippen LogP contribution in [-0.4, -0.2) is 67.9 Å². The van der Waals surface area contributed by atoms with E-state index in [1.807, 2.05) is 37.3 Å². The highest BCUT2D eigenvalue weighted by Crippen LogP contribution is 2.20. The van der Waals surface area contributed by atoms with Crippen molar-refractivity contribution in [2.75, 3.05) is 19.6 Å². The van der Waals surface area contributed by atoms with E-state index >= 15 is 0 Å². The van der Waals surface area contributed by atoms with Crippen molar-refractivity contribution in [2.24, 2.45) is 0 Å². The highest BCUT2D eigenvalue weighted by atomic mass is 79.9. The van der Waals surface area contributed by atoms with Gasteiger partial charge in [-0.15, -0.1) is 0 Å². The zero-order valence-corrected chi connectivity index (χ0v) is 23.5. The van der Waals surface area contributed by atoms with E-state index in [1.54, 1.807) is 21.9 Å². The molecule has 10 heteroatoms. The van der Waals surface area contributed by atoms with Crippen LogP contribution in [0.2, 0.25) is 0 Å². The Morgan fingerprint density at radius 1 is 1.00 bits per heavy atom. The Morgan fingerprint density at radius 3 is 2.32 bits per heavy atom. The third kappa shape index (κ3) is 7.33. The summed E-state index contributed by atoms with van der Waals surface area (Å²) >= 11 is 3.32. The number of halogens is 1. The summed E-state index contributed by atoms with van der Waals surface area (Å²) in [6.45, 7) is 3.04. The molecule has 0 bridgehead atoms. The van der Waals surface area contributed by atoms with E-state index in [1.165, 1.54) is 18.6 Å². The fraction of sp³-hybridized carbons (Fsp3) is 0.481. The molecule has 2 N–H and O–H groups in total. The van der Waals surface area contributed by atoms with Gasteiger partial charge in [0.2, 0.25) is 15.9 Å². The van der Waals surface area contributed by atoms with Gasteiger partial charge < -0.3 is 15.1 Å². The summed E-state index contributed by atoms with van der Waals surface area (Å²) in [7, 11) is -3.93. The lowest BCUT2D eigenvalue weighted by atomic mass is 9.96. The summed E-state index contributed by atoms with van der Waals surface area (Å²) < 4.78 is 29.8. The Hall–Kier alpha value is -2.43. The third-order valence-corrected chi connectivity index (χ3v) is 9.15. The van der Waals surface area contributed by atoms with Gasteiger partial charge in [0.15, 0.2) is 0 Å². The van der Waals surface area contributed by atoms with Gasteiger partial charge in [-0.3, -0.25) is 4.79 Å². The maximum atomic E-state index is 13.7. The van der Waals surface area contributed by atoms with Gasteiger partial charge in [0, 0.05) is 36.2 Å². The second kappa shape index (κ2) is 12.4. The van der Waals surface area contributed by atoms with E-state index in [9.17, 15) is 18.0 Å². The topological polar surface area (TPSA) is 98.8 Å². The molecule has 2 aromatic carbocycles. The van der Waals surface area contributed by atoms with Gasteiger partial charge in [-0.25, -0.2) is 13.2 Å². The van der Waals surface area contributed by atoms with Crippen molar-refractivity contribution in [3.8, 4) is 0 Å². The minimum atomic E-state index is -3.93. The quantitative estimate of drug-likeness (QED) is 0.510. The third-order valence-electron chi connectivity index (χ3n) is 7.13. The SMILES string of the molecule is CC1CN(C(=O)C(Cc2ccccc2)NS(=O)(=O)c2ccc(Br)cc2)CCN1C(=O)NC1CCCCC1. The Bertz CT molecular complexity index is 1170. The Kier molecular flexibility index (Phi) is 9.26. The predicted octanol–water partition coefficient (Wildman–Crippen LogP) is 3.91. The lowest BCUT2D eigenvalue weighted by molar-refractivity contribution is -0.135. The standard InChI is InChI=1S/C27H35BrN4O4S/c1-20-19-31(16-17-32(20)27(34)29-23-10-6-3-7-11-23)26(33)25(18-21-8-4-2-5-9-21)30-37(35,36)24-14-12-22(28)13-15-24/h2,4-5,8-9,12-15,20,23,25,30H,3,6-7,10-11,16-19H2,1H3,(H,29,34). The number of sulfonamides is 1. The summed E-state index contributed by atoms with van der Waals surface area (Å²) in [5.74, 6) is -0.288. The smallest absolute Gasteiger partial charge is 0.317 e. The number of rotatable bonds is 7. The number of nitrogens with zero attached hydrogens (tertiary/aromatic N) is 2. The molecule has 1 heterocycles. The van der Waals surface area contributed by atoms with Crippen LogP contribution in [-0.2, 0) is 21.2 Å². The summed E-state index contributed by atoms with van der Waals surface area (Å²) in [6.07, 6.45) is 5.76. The number of hydrogen-bond acceptors (Lipinski definition) is 4. The number of nitrogens with one attached hydrogen (secondary N) is 2. The molecule has 0 spiro atoms. The number of piperazine rings is 1. The molecular formula is C27H35BrN4O4S. The van der Waals surface area contributed by atoms with Gasteiger partial charge in [-0.2, -0.15) is 4.72 Å². The molecule has 0 radical (unpaired) electrons. The van der Waals surface area contributed by atoms with Crippen LogP contribution in [0.4, 0.5) is 4.79 Å². The van der Waals surface area contributed by atoms with Crippen LogP contribution in [0.3, 0.4) is 0 Å². The second-order valence-electron chi connectivity index (χ2n) is 9.93. The molecule has 4 rings (SSSR count). The van der Waals surface area contributed by atoms with E-state index < -0.39 is 16.1 Å². The summed E-state index contributed by atoms with van der Waals surface area (Å²) in [5.41, 5.74) is 0.859. The summed E-state index contributed by atoms with van der Waals surface area (Å²) in [4.78, 5) is 30.1. The molecule has 3 amide bonds. The van der Waals surface area contributed by atoms with Crippen LogP contribution in [0.25, 0.3) is 0 Å². The van der Waals surface area contributed by atoms with Crippen molar-refractivity contribution < 1.29 is 18.0 Å². The van der Waals surface area contributed by atoms with Gasteiger partial charge in [0.1, 0.15) is 6.04 Å². The van der Waals surface area contributed by atoms with Crippen LogP contribution in [0.1, 0.15) is 44.6 Å². The fourth-order valence-electron chi connectivity index (χ4n) is 5.08. The first-order valence-electron chi connectivity index (χ1n) is 12.9. The van der Waals surface area contributed by atoms with E-state index in [2.05, 4.69) is 26.0 Å². The molecule has 2 fully saturated rings. The summed E-state index contributed by atoms with van der Waals surface area (Å²) in [6, 6.07) is 14.7. The minimum Gasteiger partial charge on any atom is -0.337 e. The first kappa shape index (κ1) is 27.6. The van der Waals surface area contributed by atoms with Crippen LogP contribution in [0.5, 0.6) is 0 Å². The van der Waals surface area contributed by atoms with Crippen molar-refractivity contribution in [2.45, 2.75) is 68.5 Å². The number of urea groups is 1. The highest BCUT2D eigenvalue weighted by Gasteiger charge is 2.35. The largest absolute Gasteiger partial charge is 0.337 e. The van der Waals surface area contributed by atoms with Crippen molar-refractivity contribution in [3.05, 3.63) is 64.6 Å². The molecule has 2 unspecified atom stereocenters. The molecule has 1 saturated heterocycles. The van der Waals surface area contributed by atoms with Gasteiger partial charge >= 0.3 is 6.03 Å². The van der Waals surface area contributed by atoms with Crippen LogP contribution in [0.15, 0.2) is 64.0 Å². The molecule has 1 aliphatic carbocycles. The van der Waals surface area contributed by atoms with Gasteiger partial charge in [-0.1, -0.05) is 65.5 Å². The lowest BCUT2D eigenvalue weighted by Crippen LogP contribution is -2.61. The molecule has 1 aliphatic heterocycles. The zero-order valence-electron chi connectivity index (χ0n) is 21.1. The molecular weight excluding hydrogens is 556 g/mol. The Balaban J connectivity index is 1.45. The van der Waals surface area contributed by atoms with Crippen molar-refractivity contribution >= 4 is 37.9 Å². The molecule has 2 aromatic rings. The predicted molar refractivity (Wildman–Crippen MR) is 147 cm³/mol. The molecule has 1 saturated carbocycles. The van der Waals surface area contributed by atoms with Gasteiger partial charge in [0.05, 0.1) is 4.90 Å². The molecule has 2 aliphatic rings. The number of hydrogen-bond donors (Lipinski definition) is 2. The lowest BCUT2D eigenvalue weighted by Gasteiger charge is -2.41. The number of benzene rings is 2. The van der Waals surface area contributed by atoms with Crippen molar-refractivity contribution in [1.82, 2.24) is 19.8 Å². The van der Waals surface area contributed by atoms with Gasteiger partial charge in [0.25, 0.3) is 0 Å². The van der Waals surface area contributed by atoms with Crippen molar-refractivity contribution in [1.29, 1.82) is 0 Å². The average Bonchev–Trinajstić information content (AvgIpc) is 2.89. The van der Waals surface area contributed by atoms with E-state index in [-0.39, 0.29) is 35.3 Å². The maximum Gasteiger partial charge on any atom is 0.317 e. The van der Waals surface area contributed by atoms with Gasteiger partial charge in [-0.05, 0) is 56.0 Å². The van der Waals surface area contributed by atoms with E-state index in [4.69, 9.17) is 0 Å². The summed E-state index contributed by atoms with van der Waals surface area (Å²) in [5, 5.41) is 3.16. The van der Waals surface area contributed by atoms with Crippen LogP contribution < -0.4 is 10.0 Å². The minimum absolute atomic E-state index is 0.0803. The first-order chi connectivity index (χ1) is 17.7. The van der Waals surface area contributed by atoms with Crippen LogP contribution in [0, 0.1) is 0 Å². The second-order valence-corrected chi connectivity index (χ2v) is 12.6. The van der Waals surface area contributed by atoms with E-state index in [0.717, 1.165) is 35.7 Å². The molecule has 200 valence electrons. The molecule has 2 atom stereocenters. The fourth-order valence-corrected chi connectivity index (χ4v) is 6.54. The van der Waals surface area contributed by atoms with Crippen LogP contribution >= 0.6 is 15.9 Å².